The van der Waals surface area contributed by atoms with Crippen LogP contribution in [0.3, 0.4) is 0 Å². The minimum atomic E-state index is 0.0691. The molecule has 0 unspecified atom stereocenters. The van der Waals surface area contributed by atoms with E-state index in [2.05, 4.69) is 23.5 Å². The number of amidine groups is 1. The van der Waals surface area contributed by atoms with Crippen molar-refractivity contribution in [2.45, 2.75) is 34.1 Å². The van der Waals surface area contributed by atoms with Gasteiger partial charge in [0.05, 0.1) is 5.70 Å². The van der Waals surface area contributed by atoms with Crippen molar-refractivity contribution in [2.75, 3.05) is 12.4 Å². The highest BCUT2D eigenvalue weighted by atomic mass is 16.1. The Balaban J connectivity index is 3.23. The number of carbonyl (C=O) groups excluding carboxylic acids is 1. The molecule has 0 amide bonds. The molecule has 0 aromatic heterocycles. The monoisotopic (exact) mass is 377 g/mol. The number of hydrogen-bond donors (Lipinski definition) is 1. The average Bonchev–Trinajstić information content (AvgIpc) is 2.68. The van der Waals surface area contributed by atoms with Gasteiger partial charge in [-0.3, -0.25) is 4.79 Å². The number of rotatable bonds is 9. The third kappa shape index (κ3) is 6.54. The Morgan fingerprint density at radius 1 is 1.25 bits per heavy atom. The second kappa shape index (κ2) is 11.5. The van der Waals surface area contributed by atoms with Crippen LogP contribution in [0, 0.1) is 6.92 Å². The highest BCUT2D eigenvalue weighted by Crippen LogP contribution is 2.20. The Bertz CT molecular complexity index is 824. The lowest BCUT2D eigenvalue weighted by molar-refractivity contribution is -0.114. The fourth-order valence-electron chi connectivity index (χ4n) is 2.65. The van der Waals surface area contributed by atoms with Crippen molar-refractivity contribution in [3.05, 3.63) is 90.5 Å². The van der Waals surface area contributed by atoms with Crippen molar-refractivity contribution >= 4 is 17.3 Å². The normalized spacial score (nSPS) is 12.8. The van der Waals surface area contributed by atoms with E-state index < -0.39 is 0 Å². The minimum Gasteiger partial charge on any atom is -0.353 e. The van der Waals surface area contributed by atoms with Gasteiger partial charge < -0.3 is 10.2 Å². The van der Waals surface area contributed by atoms with E-state index in [-0.39, 0.29) is 5.78 Å². The molecule has 1 aromatic carbocycles. The molecule has 0 saturated carbocycles. The lowest BCUT2D eigenvalue weighted by Gasteiger charge is -2.26. The fraction of sp³-hybridized carbons (Fsp3) is 0.250. The largest absolute Gasteiger partial charge is 0.353 e. The molecule has 0 fully saturated rings. The number of allylic oxidation sites excluding steroid dienone is 4. The molecule has 0 radical (unpaired) electrons. The minimum absolute atomic E-state index is 0.0691. The van der Waals surface area contributed by atoms with E-state index in [9.17, 15) is 4.79 Å². The number of anilines is 1. The first kappa shape index (κ1) is 22.9. The van der Waals surface area contributed by atoms with E-state index in [1.54, 1.807) is 6.08 Å². The average molecular weight is 378 g/mol. The Morgan fingerprint density at radius 3 is 2.39 bits per heavy atom. The van der Waals surface area contributed by atoms with Gasteiger partial charge in [0.2, 0.25) is 0 Å². The highest BCUT2D eigenvalue weighted by Gasteiger charge is 2.17. The summed E-state index contributed by atoms with van der Waals surface area (Å²) in [7, 11) is 1.90. The summed E-state index contributed by atoms with van der Waals surface area (Å²) in [5.74, 6) is 0.683. The smallest absolute Gasteiger partial charge is 0.156 e. The number of nitrogens with one attached hydrogen (secondary N) is 1. The van der Waals surface area contributed by atoms with E-state index in [4.69, 9.17) is 0 Å². The summed E-state index contributed by atoms with van der Waals surface area (Å²) in [6, 6.07) is 8.05. The van der Waals surface area contributed by atoms with Gasteiger partial charge in [0.15, 0.2) is 11.6 Å². The molecule has 0 heterocycles. The number of aliphatic imine (C=N–C) groups is 1. The van der Waals surface area contributed by atoms with Gasteiger partial charge in [-0.15, -0.1) is 0 Å². The predicted molar refractivity (Wildman–Crippen MR) is 121 cm³/mol. The van der Waals surface area contributed by atoms with Gasteiger partial charge in [-0.25, -0.2) is 4.99 Å². The molecule has 0 bridgehead atoms. The molecule has 0 aliphatic carbocycles. The van der Waals surface area contributed by atoms with Crippen LogP contribution in [0.2, 0.25) is 0 Å². The summed E-state index contributed by atoms with van der Waals surface area (Å²) in [4.78, 5) is 18.3. The molecule has 0 aliphatic rings. The zero-order chi connectivity index (χ0) is 21.1. The molecule has 1 aromatic rings. The Hall–Kier alpha value is -3.14. The maximum absolute atomic E-state index is 12.0. The van der Waals surface area contributed by atoms with E-state index in [1.807, 2.05) is 82.1 Å². The first-order chi connectivity index (χ1) is 13.4. The second-order valence-corrected chi connectivity index (χ2v) is 6.26. The Labute approximate surface area is 169 Å². The van der Waals surface area contributed by atoms with E-state index in [1.165, 1.54) is 11.8 Å². The molecule has 1 N–H and O–H groups in total. The molecule has 0 saturated heterocycles. The first-order valence-corrected chi connectivity index (χ1v) is 9.37. The fourth-order valence-corrected chi connectivity index (χ4v) is 2.65. The number of benzene rings is 1. The summed E-state index contributed by atoms with van der Waals surface area (Å²) in [6.45, 7) is 15.6. The molecule has 0 spiro atoms. The maximum atomic E-state index is 12.0. The number of ketones is 1. The van der Waals surface area contributed by atoms with Crippen LogP contribution in [0.4, 0.5) is 5.69 Å². The van der Waals surface area contributed by atoms with Crippen LogP contribution in [0.15, 0.2) is 89.9 Å². The zero-order valence-corrected chi connectivity index (χ0v) is 17.6. The molecule has 1 rings (SSSR count). The number of carbonyl (C=O) groups is 1. The van der Waals surface area contributed by atoms with Gasteiger partial charge in [-0.1, -0.05) is 56.0 Å². The molecule has 4 nitrogen and oxygen atoms in total. The summed E-state index contributed by atoms with van der Waals surface area (Å²) in [5, 5.41) is 3.29. The Morgan fingerprint density at radius 2 is 1.89 bits per heavy atom. The van der Waals surface area contributed by atoms with E-state index in [0.29, 0.717) is 18.0 Å². The Kier molecular flexibility index (Phi) is 9.44. The topological polar surface area (TPSA) is 44.7 Å². The number of nitrogens with zero attached hydrogens (tertiary/aromatic N) is 2. The lowest BCUT2D eigenvalue weighted by atomic mass is 10.1. The van der Waals surface area contributed by atoms with Gasteiger partial charge in [0.1, 0.15) is 0 Å². The van der Waals surface area contributed by atoms with Crippen molar-refractivity contribution < 1.29 is 4.79 Å². The summed E-state index contributed by atoms with van der Waals surface area (Å²) < 4.78 is 0. The van der Waals surface area contributed by atoms with Crippen LogP contribution < -0.4 is 5.32 Å². The molecule has 28 heavy (non-hydrogen) atoms. The second-order valence-electron chi connectivity index (χ2n) is 6.26. The van der Waals surface area contributed by atoms with E-state index >= 15 is 0 Å². The predicted octanol–water partition coefficient (Wildman–Crippen LogP) is 5.78. The van der Waals surface area contributed by atoms with E-state index in [0.717, 1.165) is 17.0 Å². The van der Waals surface area contributed by atoms with Gasteiger partial charge in [-0.05, 0) is 39.0 Å². The van der Waals surface area contributed by atoms with Crippen molar-refractivity contribution in [3.8, 4) is 0 Å². The van der Waals surface area contributed by atoms with Crippen molar-refractivity contribution in [3.63, 3.8) is 0 Å². The molecule has 0 aliphatic heterocycles. The van der Waals surface area contributed by atoms with Gasteiger partial charge in [0, 0.05) is 36.6 Å². The van der Waals surface area contributed by atoms with Crippen LogP contribution in [0.1, 0.15) is 32.8 Å². The van der Waals surface area contributed by atoms with Crippen molar-refractivity contribution in [2.24, 2.45) is 4.99 Å². The third-order valence-corrected chi connectivity index (χ3v) is 4.09. The maximum Gasteiger partial charge on any atom is 0.156 e. The van der Waals surface area contributed by atoms with Gasteiger partial charge in [0.25, 0.3) is 0 Å². The lowest BCUT2D eigenvalue weighted by Crippen LogP contribution is -2.30. The number of hydrogen-bond acceptors (Lipinski definition) is 3. The molecular weight excluding hydrogens is 346 g/mol. The molecule has 148 valence electrons. The standard InChI is InChI=1S/C24H31N3O/c1-8-12-20(17-22(28)9-2)23(10-3)27(7)24(25-11-4)19(6)26-21-15-13-18(5)14-16-21/h8,10-17,26H,4,6,9H2,1-3,5,7H3/b12-8-,20-17+,23-10-,25-24?. The molecular formula is C24H31N3O. The van der Waals surface area contributed by atoms with Gasteiger partial charge >= 0.3 is 0 Å². The van der Waals surface area contributed by atoms with Gasteiger partial charge in [-0.2, -0.15) is 0 Å². The summed E-state index contributed by atoms with van der Waals surface area (Å²) >= 11 is 0. The first-order valence-electron chi connectivity index (χ1n) is 9.37. The number of likely N-dealkylation sites (N-methyl/N-ethyl adjacent to an activating group) is 1. The van der Waals surface area contributed by atoms with Crippen LogP contribution in [0.25, 0.3) is 0 Å². The quantitative estimate of drug-likeness (QED) is 0.257. The number of aryl methyl sites for hydroxylation is 1. The molecule has 0 atom stereocenters. The van der Waals surface area contributed by atoms with Crippen LogP contribution >= 0.6 is 0 Å². The highest BCUT2D eigenvalue weighted by molar-refractivity contribution is 6.02. The SMILES string of the molecule is C=CN=C(C(=C)Nc1ccc(C)cc1)N(C)C(=C\C)/C(/C=C\C)=C/C(=O)CC. The van der Waals surface area contributed by atoms with Crippen LogP contribution in [0.5, 0.6) is 0 Å². The molecule has 4 heteroatoms. The zero-order valence-electron chi connectivity index (χ0n) is 17.6. The summed E-state index contributed by atoms with van der Waals surface area (Å²) in [5.41, 5.74) is 4.42. The van der Waals surface area contributed by atoms with Crippen LogP contribution in [-0.4, -0.2) is 23.6 Å². The van der Waals surface area contributed by atoms with Crippen LogP contribution in [-0.2, 0) is 4.79 Å². The van der Waals surface area contributed by atoms with Crippen molar-refractivity contribution in [1.29, 1.82) is 0 Å². The third-order valence-electron chi connectivity index (χ3n) is 4.09. The van der Waals surface area contributed by atoms with Crippen molar-refractivity contribution in [1.82, 2.24) is 4.90 Å². The summed E-state index contributed by atoms with van der Waals surface area (Å²) in [6.07, 6.45) is 9.38.